The lowest BCUT2D eigenvalue weighted by molar-refractivity contribution is -0.685. The maximum Gasteiger partial charge on any atom is 0.271 e. The fourth-order valence-corrected chi connectivity index (χ4v) is 7.34. The van der Waals surface area contributed by atoms with Gasteiger partial charge >= 0.3 is 0 Å². The molecule has 33 heavy (non-hydrogen) atoms. The zero-order valence-corrected chi connectivity index (χ0v) is 21.1. The van der Waals surface area contributed by atoms with E-state index in [1.807, 2.05) is 48.3 Å². The first-order chi connectivity index (χ1) is 15.9. The molecule has 0 unspecified atom stereocenters. The molecule has 0 saturated heterocycles. The molecule has 0 N–H and O–H groups in total. The molecule has 0 atom stereocenters. The van der Waals surface area contributed by atoms with Crippen LogP contribution in [0.2, 0.25) is 5.02 Å². The Labute approximate surface area is 207 Å². The molecule has 9 heteroatoms. The first-order valence-corrected chi connectivity index (χ1v) is 13.2. The molecule has 5 rings (SSSR count). The van der Waals surface area contributed by atoms with Crippen molar-refractivity contribution in [2.24, 2.45) is 0 Å². The summed E-state index contributed by atoms with van der Waals surface area (Å²) in [5.74, 6) is -0.240. The van der Waals surface area contributed by atoms with E-state index in [2.05, 4.69) is 15.5 Å². The number of benzene rings is 2. The number of hydrogen-bond acceptors (Lipinski definition) is 5. The summed E-state index contributed by atoms with van der Waals surface area (Å²) in [6, 6.07) is 12.3. The number of aromatic nitrogens is 2. The SMILES string of the molecule is CCn1c(=Cc2scc[n+]2Cc2ccc(F)cc2)sc(=C2Sc3cc(Cl)ccc3N2C)c1=O. The predicted octanol–water partition coefficient (Wildman–Crippen LogP) is 4.26. The Morgan fingerprint density at radius 3 is 2.73 bits per heavy atom. The Kier molecular flexibility index (Phi) is 6.18. The van der Waals surface area contributed by atoms with Gasteiger partial charge in [-0.25, -0.2) is 4.39 Å². The Morgan fingerprint density at radius 2 is 1.97 bits per heavy atom. The van der Waals surface area contributed by atoms with Crippen LogP contribution in [-0.4, -0.2) is 11.6 Å². The Hall–Kier alpha value is -2.39. The fraction of sp³-hybridized carbons (Fsp3) is 0.167. The predicted molar refractivity (Wildman–Crippen MR) is 136 cm³/mol. The number of thioether (sulfide) groups is 1. The van der Waals surface area contributed by atoms with Crippen LogP contribution in [-0.2, 0) is 13.1 Å². The number of hydrogen-bond donors (Lipinski definition) is 0. The summed E-state index contributed by atoms with van der Waals surface area (Å²) in [7, 11) is 1.98. The van der Waals surface area contributed by atoms with Crippen LogP contribution in [0.3, 0.4) is 0 Å². The number of rotatable bonds is 4. The van der Waals surface area contributed by atoms with E-state index in [0.717, 1.165) is 35.4 Å². The number of fused-ring (bicyclic) bond motifs is 1. The van der Waals surface area contributed by atoms with E-state index in [9.17, 15) is 9.18 Å². The molecule has 2 aromatic carbocycles. The number of halogens is 2. The van der Waals surface area contributed by atoms with Gasteiger partial charge in [-0.3, -0.25) is 9.36 Å². The van der Waals surface area contributed by atoms with Crippen LogP contribution in [0.1, 0.15) is 17.5 Å². The molecular formula is C24H20ClFN3OS3+. The van der Waals surface area contributed by atoms with Gasteiger partial charge in [-0.15, -0.1) is 11.3 Å². The van der Waals surface area contributed by atoms with Crippen LogP contribution in [0.25, 0.3) is 11.1 Å². The normalized spacial score (nSPS) is 15.4. The van der Waals surface area contributed by atoms with Crippen molar-refractivity contribution in [1.29, 1.82) is 0 Å². The summed E-state index contributed by atoms with van der Waals surface area (Å²) in [5.41, 5.74) is 2.09. The summed E-state index contributed by atoms with van der Waals surface area (Å²) in [6.07, 6.45) is 4.08. The molecule has 0 fully saturated rings. The van der Waals surface area contributed by atoms with Gasteiger partial charge in [-0.05, 0) is 49.4 Å². The monoisotopic (exact) mass is 516 g/mol. The zero-order valence-electron chi connectivity index (χ0n) is 17.9. The van der Waals surface area contributed by atoms with Gasteiger partial charge in [0.1, 0.15) is 20.0 Å². The van der Waals surface area contributed by atoms with Gasteiger partial charge in [0.05, 0.1) is 17.1 Å². The van der Waals surface area contributed by atoms with Crippen molar-refractivity contribution in [1.82, 2.24) is 4.57 Å². The van der Waals surface area contributed by atoms with Crippen molar-refractivity contribution in [2.45, 2.75) is 24.9 Å². The number of anilines is 1. The molecule has 0 bridgehead atoms. The van der Waals surface area contributed by atoms with E-state index in [0.29, 0.717) is 18.1 Å². The van der Waals surface area contributed by atoms with Gasteiger partial charge in [-0.2, -0.15) is 4.57 Å². The molecule has 0 radical (unpaired) electrons. The molecule has 0 saturated carbocycles. The van der Waals surface area contributed by atoms with E-state index in [4.69, 9.17) is 11.6 Å². The van der Waals surface area contributed by atoms with Crippen LogP contribution in [0.4, 0.5) is 10.1 Å². The fourth-order valence-electron chi connectivity index (χ4n) is 3.75. The molecule has 2 aromatic heterocycles. The molecule has 168 valence electrons. The third-order valence-corrected chi connectivity index (χ3v) is 9.00. The smallest absolute Gasteiger partial charge is 0.271 e. The lowest BCUT2D eigenvalue weighted by atomic mass is 10.2. The van der Waals surface area contributed by atoms with E-state index in [-0.39, 0.29) is 11.4 Å². The third-order valence-electron chi connectivity index (χ3n) is 5.44. The van der Waals surface area contributed by atoms with Crippen LogP contribution < -0.4 is 24.2 Å². The van der Waals surface area contributed by atoms with Crippen molar-refractivity contribution >= 4 is 62.8 Å². The topological polar surface area (TPSA) is 29.1 Å². The molecule has 0 spiro atoms. The minimum absolute atomic E-state index is 0.0173. The summed E-state index contributed by atoms with van der Waals surface area (Å²) in [4.78, 5) is 16.5. The van der Waals surface area contributed by atoms with Gasteiger partial charge < -0.3 is 4.90 Å². The molecular weight excluding hydrogens is 497 g/mol. The molecule has 3 heterocycles. The summed E-state index contributed by atoms with van der Waals surface area (Å²) >= 11 is 10.9. The minimum atomic E-state index is -0.240. The van der Waals surface area contributed by atoms with Crippen LogP contribution in [0.5, 0.6) is 0 Å². The highest BCUT2D eigenvalue weighted by Gasteiger charge is 2.25. The highest BCUT2D eigenvalue weighted by atomic mass is 35.5. The number of thiazole rings is 2. The van der Waals surface area contributed by atoms with Gasteiger partial charge in [0.2, 0.25) is 0 Å². The highest BCUT2D eigenvalue weighted by molar-refractivity contribution is 8.08. The highest BCUT2D eigenvalue weighted by Crippen LogP contribution is 2.46. The summed E-state index contributed by atoms with van der Waals surface area (Å²) < 4.78 is 18.8. The van der Waals surface area contributed by atoms with Crippen molar-refractivity contribution in [2.75, 3.05) is 11.9 Å². The van der Waals surface area contributed by atoms with Crippen LogP contribution in [0.15, 0.2) is 63.7 Å². The second-order valence-electron chi connectivity index (χ2n) is 7.54. The first-order valence-electron chi connectivity index (χ1n) is 10.3. The molecule has 0 amide bonds. The Morgan fingerprint density at radius 1 is 1.18 bits per heavy atom. The Bertz CT molecular complexity index is 1520. The zero-order chi connectivity index (χ0) is 23.1. The summed E-state index contributed by atoms with van der Waals surface area (Å²) in [6.45, 7) is 3.21. The van der Waals surface area contributed by atoms with E-state index in [1.165, 1.54) is 23.5 Å². The Balaban J connectivity index is 1.59. The lowest BCUT2D eigenvalue weighted by Crippen LogP contribution is -2.36. The maximum atomic E-state index is 13.3. The largest absolute Gasteiger partial charge is 0.337 e. The van der Waals surface area contributed by atoms with E-state index >= 15 is 0 Å². The number of nitrogens with zero attached hydrogens (tertiary/aromatic N) is 3. The maximum absolute atomic E-state index is 13.3. The summed E-state index contributed by atoms with van der Waals surface area (Å²) in [5, 5.41) is 4.66. The average Bonchev–Trinajstić information content (AvgIpc) is 3.46. The van der Waals surface area contributed by atoms with Gasteiger partial charge in [0.25, 0.3) is 10.6 Å². The van der Waals surface area contributed by atoms with E-state index in [1.54, 1.807) is 35.2 Å². The van der Waals surface area contributed by atoms with Crippen molar-refractivity contribution in [3.63, 3.8) is 0 Å². The minimum Gasteiger partial charge on any atom is -0.337 e. The molecule has 0 aliphatic carbocycles. The molecule has 4 nitrogen and oxygen atoms in total. The molecule has 4 aromatic rings. The van der Waals surface area contributed by atoms with Gasteiger partial charge in [-0.1, -0.05) is 34.7 Å². The molecule has 1 aliphatic heterocycles. The second-order valence-corrected chi connectivity index (χ2v) is 11.0. The van der Waals surface area contributed by atoms with Crippen molar-refractivity contribution in [3.8, 4) is 0 Å². The first kappa shape index (κ1) is 22.4. The van der Waals surface area contributed by atoms with Crippen molar-refractivity contribution < 1.29 is 8.96 Å². The van der Waals surface area contributed by atoms with E-state index < -0.39 is 0 Å². The van der Waals surface area contributed by atoms with Crippen molar-refractivity contribution in [3.05, 3.63) is 95.0 Å². The lowest BCUT2D eigenvalue weighted by Gasteiger charge is -2.12. The average molecular weight is 517 g/mol. The second kappa shape index (κ2) is 9.10. The van der Waals surface area contributed by atoms with Gasteiger partial charge in [0, 0.05) is 29.1 Å². The van der Waals surface area contributed by atoms with Crippen LogP contribution >= 0.6 is 46.0 Å². The quantitative estimate of drug-likeness (QED) is 0.380. The standard InChI is InChI=1S/C24H20ClFN3OS3/c1-3-29-21(13-20-28(10-11-31-20)14-15-4-7-17(26)8-5-15)33-22(23(29)30)24-27(2)18-9-6-16(25)12-19(18)32-24/h4-13H,3,14H2,1-2H3/q+1. The third kappa shape index (κ3) is 4.28. The molecule has 1 aliphatic rings. The van der Waals surface area contributed by atoms with Crippen LogP contribution in [0, 0.1) is 5.82 Å². The van der Waals surface area contributed by atoms with Gasteiger partial charge in [0.15, 0.2) is 12.7 Å².